The van der Waals surface area contributed by atoms with Crippen LogP contribution in [0.4, 0.5) is 0 Å². The van der Waals surface area contributed by atoms with E-state index in [9.17, 15) is 8.42 Å². The van der Waals surface area contributed by atoms with E-state index < -0.39 is 9.84 Å². The van der Waals surface area contributed by atoms with Crippen molar-refractivity contribution in [1.82, 2.24) is 0 Å². The molecule has 1 fully saturated rings. The van der Waals surface area contributed by atoms with Gasteiger partial charge in [0.2, 0.25) is 0 Å². The van der Waals surface area contributed by atoms with E-state index >= 15 is 0 Å². The van der Waals surface area contributed by atoms with E-state index in [1.54, 1.807) is 6.92 Å². The molecule has 0 unspecified atom stereocenters. The fourth-order valence-electron chi connectivity index (χ4n) is 1.53. The third kappa shape index (κ3) is 1.36. The van der Waals surface area contributed by atoms with Gasteiger partial charge in [-0.3, -0.25) is 0 Å². The van der Waals surface area contributed by atoms with Crippen LogP contribution in [0.5, 0.6) is 0 Å². The Hall–Kier alpha value is -0.130. The summed E-state index contributed by atoms with van der Waals surface area (Å²) in [6.45, 7) is 2.42. The largest absolute Gasteiger partial charge is 0.330 e. The summed E-state index contributed by atoms with van der Waals surface area (Å²) in [4.78, 5) is 0. The lowest BCUT2D eigenvalue weighted by molar-refractivity contribution is 0.526. The lowest BCUT2D eigenvalue weighted by Gasteiger charge is -2.10. The van der Waals surface area contributed by atoms with E-state index in [1.165, 1.54) is 0 Å². The Bertz CT molecular complexity index is 257. The van der Waals surface area contributed by atoms with Crippen molar-refractivity contribution in [3.05, 3.63) is 0 Å². The highest BCUT2D eigenvalue weighted by Crippen LogP contribution is 2.49. The zero-order chi connectivity index (χ0) is 9.41. The highest BCUT2D eigenvalue weighted by Gasteiger charge is 2.58. The quantitative estimate of drug-likeness (QED) is 0.604. The second kappa shape index (κ2) is 2.97. The van der Waals surface area contributed by atoms with Crippen LogP contribution in [0.2, 0.25) is 0 Å². The molecule has 4 N–H and O–H groups in total. The summed E-state index contributed by atoms with van der Waals surface area (Å²) >= 11 is 0. The molecule has 0 aliphatic heterocycles. The molecule has 0 aromatic rings. The number of nitrogens with two attached hydrogens (primary N) is 2. The van der Waals surface area contributed by atoms with Gasteiger partial charge in [-0.2, -0.15) is 0 Å². The van der Waals surface area contributed by atoms with Crippen LogP contribution in [0, 0.1) is 5.41 Å². The molecule has 72 valence electrons. The summed E-state index contributed by atoms with van der Waals surface area (Å²) in [5.41, 5.74) is 10.7. The summed E-state index contributed by atoms with van der Waals surface area (Å²) in [6.07, 6.45) is 0.649. The third-order valence-electron chi connectivity index (χ3n) is 2.76. The Morgan fingerprint density at radius 2 is 1.92 bits per heavy atom. The monoisotopic (exact) mass is 192 g/mol. The van der Waals surface area contributed by atoms with Crippen molar-refractivity contribution < 1.29 is 8.42 Å². The van der Waals surface area contributed by atoms with Gasteiger partial charge in [0.1, 0.15) is 0 Å². The van der Waals surface area contributed by atoms with E-state index in [0.717, 1.165) is 0 Å². The predicted octanol–water partition coefficient (Wildman–Crippen LogP) is -0.903. The molecule has 4 nitrogen and oxygen atoms in total. The zero-order valence-electron chi connectivity index (χ0n) is 7.29. The molecule has 0 spiro atoms. The maximum absolute atomic E-state index is 11.4. The first-order chi connectivity index (χ1) is 5.52. The number of hydrogen-bond donors (Lipinski definition) is 2. The third-order valence-corrected chi connectivity index (χ3v) is 5.10. The maximum Gasteiger partial charge on any atom is 0.153 e. The second-order valence-corrected chi connectivity index (χ2v) is 5.89. The van der Waals surface area contributed by atoms with Crippen molar-refractivity contribution in [3.8, 4) is 0 Å². The molecule has 0 amide bonds. The lowest BCUT2D eigenvalue weighted by Crippen LogP contribution is -2.31. The van der Waals surface area contributed by atoms with Gasteiger partial charge in [0.15, 0.2) is 9.84 Å². The van der Waals surface area contributed by atoms with Crippen molar-refractivity contribution in [3.63, 3.8) is 0 Å². The fourth-order valence-corrected chi connectivity index (χ4v) is 3.47. The zero-order valence-corrected chi connectivity index (χ0v) is 8.10. The molecule has 0 bridgehead atoms. The molecule has 1 aliphatic carbocycles. The summed E-state index contributed by atoms with van der Waals surface area (Å²) in [6, 6.07) is 0. The van der Waals surface area contributed by atoms with Crippen molar-refractivity contribution in [2.45, 2.75) is 18.6 Å². The maximum atomic E-state index is 11.4. The molecule has 1 atom stereocenters. The van der Waals surface area contributed by atoms with Gasteiger partial charge in [-0.15, -0.1) is 0 Å². The molecule has 1 aliphatic rings. The van der Waals surface area contributed by atoms with Crippen molar-refractivity contribution in [2.24, 2.45) is 16.9 Å². The van der Waals surface area contributed by atoms with Gasteiger partial charge in [0.25, 0.3) is 0 Å². The van der Waals surface area contributed by atoms with Gasteiger partial charge >= 0.3 is 0 Å². The summed E-state index contributed by atoms with van der Waals surface area (Å²) in [7, 11) is -2.92. The van der Waals surface area contributed by atoms with Crippen LogP contribution >= 0.6 is 0 Å². The van der Waals surface area contributed by atoms with Crippen molar-refractivity contribution in [1.29, 1.82) is 0 Å². The SMILES string of the molecule is CCS(=O)(=O)[C@H]1CC1(CN)CN. The number of rotatable bonds is 4. The minimum atomic E-state index is -2.92. The van der Waals surface area contributed by atoms with E-state index in [-0.39, 0.29) is 16.4 Å². The first-order valence-corrected chi connectivity index (χ1v) is 5.85. The van der Waals surface area contributed by atoms with Gasteiger partial charge in [-0.25, -0.2) is 8.42 Å². The number of sulfone groups is 1. The summed E-state index contributed by atoms with van der Waals surface area (Å²) in [5, 5.41) is -0.273. The molecule has 0 heterocycles. The average molecular weight is 192 g/mol. The Morgan fingerprint density at radius 3 is 2.17 bits per heavy atom. The average Bonchev–Trinajstić information content (AvgIpc) is 2.80. The predicted molar refractivity (Wildman–Crippen MR) is 48.4 cm³/mol. The van der Waals surface area contributed by atoms with Crippen LogP contribution in [0.1, 0.15) is 13.3 Å². The van der Waals surface area contributed by atoms with E-state index in [0.29, 0.717) is 19.5 Å². The van der Waals surface area contributed by atoms with Crippen LogP contribution in [-0.2, 0) is 9.84 Å². The minimum Gasteiger partial charge on any atom is -0.330 e. The molecule has 0 aromatic heterocycles. The molecule has 0 aromatic carbocycles. The topological polar surface area (TPSA) is 86.2 Å². The van der Waals surface area contributed by atoms with Crippen molar-refractivity contribution in [2.75, 3.05) is 18.8 Å². The highest BCUT2D eigenvalue weighted by molar-refractivity contribution is 7.92. The van der Waals surface area contributed by atoms with E-state index in [2.05, 4.69) is 0 Å². The fraction of sp³-hybridized carbons (Fsp3) is 1.00. The van der Waals surface area contributed by atoms with Crippen LogP contribution in [0.15, 0.2) is 0 Å². The smallest absolute Gasteiger partial charge is 0.153 e. The minimum absolute atomic E-state index is 0.194. The molecule has 0 saturated heterocycles. The number of hydrogen-bond acceptors (Lipinski definition) is 4. The molecular formula is C7H16N2O2S. The molecular weight excluding hydrogens is 176 g/mol. The lowest BCUT2D eigenvalue weighted by atomic mass is 10.1. The van der Waals surface area contributed by atoms with Crippen LogP contribution in [0.3, 0.4) is 0 Å². The van der Waals surface area contributed by atoms with Gasteiger partial charge < -0.3 is 11.5 Å². The van der Waals surface area contributed by atoms with E-state index in [1.807, 2.05) is 0 Å². The molecule has 0 radical (unpaired) electrons. The van der Waals surface area contributed by atoms with Gasteiger partial charge in [-0.05, 0) is 6.42 Å². The van der Waals surface area contributed by atoms with Gasteiger partial charge in [0.05, 0.1) is 5.25 Å². The molecule has 12 heavy (non-hydrogen) atoms. The van der Waals surface area contributed by atoms with Crippen LogP contribution in [0.25, 0.3) is 0 Å². The normalized spacial score (nSPS) is 27.1. The first-order valence-electron chi connectivity index (χ1n) is 4.14. The van der Waals surface area contributed by atoms with Crippen LogP contribution < -0.4 is 11.5 Å². The van der Waals surface area contributed by atoms with Crippen LogP contribution in [-0.4, -0.2) is 32.5 Å². The Kier molecular flexibility index (Phi) is 2.47. The summed E-state index contributed by atoms with van der Waals surface area (Å²) < 4.78 is 22.8. The van der Waals surface area contributed by atoms with E-state index in [4.69, 9.17) is 11.5 Å². The Balaban J connectivity index is 2.74. The summed E-state index contributed by atoms with van der Waals surface area (Å²) in [5.74, 6) is 0.194. The molecule has 1 rings (SSSR count). The highest BCUT2D eigenvalue weighted by atomic mass is 32.2. The Morgan fingerprint density at radius 1 is 1.42 bits per heavy atom. The van der Waals surface area contributed by atoms with Crippen molar-refractivity contribution >= 4 is 9.84 Å². The standard InChI is InChI=1S/C7H16N2O2S/c1-2-12(10,11)6-3-7(6,4-8)5-9/h6H,2-5,8-9H2,1H3/t6-/m0/s1. The van der Waals surface area contributed by atoms with Gasteiger partial charge in [0, 0.05) is 24.3 Å². The van der Waals surface area contributed by atoms with Gasteiger partial charge in [-0.1, -0.05) is 6.92 Å². The first kappa shape index (κ1) is 9.95. The Labute approximate surface area is 73.2 Å². The molecule has 1 saturated carbocycles. The molecule has 5 heteroatoms. The second-order valence-electron chi connectivity index (χ2n) is 3.41.